The zero-order valence-electron chi connectivity index (χ0n) is 15.7. The van der Waals surface area contributed by atoms with Crippen molar-refractivity contribution in [1.82, 2.24) is 10.6 Å². The van der Waals surface area contributed by atoms with Crippen LogP contribution in [0.25, 0.3) is 0 Å². The lowest BCUT2D eigenvalue weighted by Gasteiger charge is -2.34. The van der Waals surface area contributed by atoms with Crippen molar-refractivity contribution in [3.63, 3.8) is 0 Å². The molecule has 0 fully saturated rings. The maximum Gasteiger partial charge on any atom is 0.407 e. The van der Waals surface area contributed by atoms with E-state index in [4.69, 9.17) is 4.74 Å². The van der Waals surface area contributed by atoms with Crippen LogP contribution in [0.2, 0.25) is 0 Å². The van der Waals surface area contributed by atoms with E-state index < -0.39 is 5.60 Å². The first kappa shape index (κ1) is 21.2. The molecule has 0 aliphatic carbocycles. The predicted octanol–water partition coefficient (Wildman–Crippen LogP) is 4.63. The van der Waals surface area contributed by atoms with Gasteiger partial charge in [0.25, 0.3) is 0 Å². The number of carbonyl (C=O) groups is 1. The third-order valence-electron chi connectivity index (χ3n) is 4.10. The van der Waals surface area contributed by atoms with Crippen LogP contribution in [0.5, 0.6) is 0 Å². The number of hydrogen-bond donors (Lipinski definition) is 2. The standard InChI is InChI=1S/C18H38N2O2/c1-7-10-11-12-13-14-20-18(8-2,9-3)15-19-16(21)22-17(4,5)6/h20H,7-15H2,1-6H3,(H,19,21). The minimum absolute atomic E-state index is 0.0261. The molecule has 0 aliphatic rings. The second kappa shape index (κ2) is 10.9. The van der Waals surface area contributed by atoms with E-state index in [0.717, 1.165) is 19.4 Å². The lowest BCUT2D eigenvalue weighted by molar-refractivity contribution is 0.0507. The zero-order chi connectivity index (χ0) is 17.1. The summed E-state index contributed by atoms with van der Waals surface area (Å²) in [5.41, 5.74) is -0.473. The van der Waals surface area contributed by atoms with Crippen LogP contribution in [0.1, 0.15) is 86.5 Å². The summed E-state index contributed by atoms with van der Waals surface area (Å²) in [7, 11) is 0. The van der Waals surface area contributed by atoms with E-state index in [1.54, 1.807) is 0 Å². The van der Waals surface area contributed by atoms with Crippen molar-refractivity contribution >= 4 is 6.09 Å². The Kier molecular flexibility index (Phi) is 10.5. The lowest BCUT2D eigenvalue weighted by atomic mass is 9.92. The molecule has 0 atom stereocenters. The molecule has 0 saturated carbocycles. The number of nitrogens with one attached hydrogen (secondary N) is 2. The minimum Gasteiger partial charge on any atom is -0.444 e. The molecular formula is C18H38N2O2. The number of carbonyl (C=O) groups excluding carboxylic acids is 1. The topological polar surface area (TPSA) is 50.4 Å². The van der Waals surface area contributed by atoms with Crippen molar-refractivity contribution in [3.05, 3.63) is 0 Å². The molecule has 0 spiro atoms. The highest BCUT2D eigenvalue weighted by molar-refractivity contribution is 5.67. The van der Waals surface area contributed by atoms with Gasteiger partial charge in [0.1, 0.15) is 5.60 Å². The SMILES string of the molecule is CCCCCCCNC(CC)(CC)CNC(=O)OC(C)(C)C. The quantitative estimate of drug-likeness (QED) is 0.547. The van der Waals surface area contributed by atoms with Crippen LogP contribution in [0.3, 0.4) is 0 Å². The normalized spacial score (nSPS) is 12.3. The van der Waals surface area contributed by atoms with Gasteiger partial charge in [-0.15, -0.1) is 0 Å². The van der Waals surface area contributed by atoms with Crippen LogP contribution in [0.4, 0.5) is 4.79 Å². The van der Waals surface area contributed by atoms with Gasteiger partial charge in [0.15, 0.2) is 0 Å². The Labute approximate surface area is 137 Å². The fraction of sp³-hybridized carbons (Fsp3) is 0.944. The van der Waals surface area contributed by atoms with Crippen LogP contribution in [-0.4, -0.2) is 30.3 Å². The fourth-order valence-corrected chi connectivity index (χ4v) is 2.45. The summed E-state index contributed by atoms with van der Waals surface area (Å²) in [5, 5.41) is 6.58. The Morgan fingerprint density at radius 1 is 0.955 bits per heavy atom. The average molecular weight is 315 g/mol. The largest absolute Gasteiger partial charge is 0.444 e. The molecule has 0 aromatic heterocycles. The molecule has 0 aromatic carbocycles. The summed E-state index contributed by atoms with van der Waals surface area (Å²) < 4.78 is 5.31. The third-order valence-corrected chi connectivity index (χ3v) is 4.10. The molecule has 132 valence electrons. The van der Waals surface area contributed by atoms with E-state index in [9.17, 15) is 4.79 Å². The van der Waals surface area contributed by atoms with Crippen LogP contribution >= 0.6 is 0 Å². The molecule has 4 nitrogen and oxygen atoms in total. The zero-order valence-corrected chi connectivity index (χ0v) is 15.7. The van der Waals surface area contributed by atoms with Gasteiger partial charge in [-0.3, -0.25) is 0 Å². The highest BCUT2D eigenvalue weighted by Crippen LogP contribution is 2.15. The van der Waals surface area contributed by atoms with Crippen molar-refractivity contribution in [2.45, 2.75) is 97.6 Å². The molecule has 22 heavy (non-hydrogen) atoms. The maximum atomic E-state index is 11.8. The summed E-state index contributed by atoms with van der Waals surface area (Å²) >= 11 is 0. The molecule has 0 bridgehead atoms. The molecular weight excluding hydrogens is 276 g/mol. The van der Waals surface area contributed by atoms with Gasteiger partial charge in [0, 0.05) is 12.1 Å². The summed E-state index contributed by atoms with van der Waals surface area (Å²) in [6.07, 6.45) is 8.07. The van der Waals surface area contributed by atoms with E-state index in [0.29, 0.717) is 6.54 Å². The van der Waals surface area contributed by atoms with Crippen LogP contribution < -0.4 is 10.6 Å². The first-order valence-electron chi connectivity index (χ1n) is 9.00. The van der Waals surface area contributed by atoms with Crippen molar-refractivity contribution in [2.24, 2.45) is 0 Å². The van der Waals surface area contributed by atoms with E-state index in [1.807, 2.05) is 20.8 Å². The third kappa shape index (κ3) is 10.0. The van der Waals surface area contributed by atoms with Gasteiger partial charge in [-0.25, -0.2) is 4.79 Å². The average Bonchev–Trinajstić information content (AvgIpc) is 2.44. The van der Waals surface area contributed by atoms with Gasteiger partial charge in [-0.05, 0) is 46.6 Å². The molecule has 0 radical (unpaired) electrons. The van der Waals surface area contributed by atoms with E-state index in [1.165, 1.54) is 32.1 Å². The fourth-order valence-electron chi connectivity index (χ4n) is 2.45. The van der Waals surface area contributed by atoms with Crippen LogP contribution in [0, 0.1) is 0 Å². The van der Waals surface area contributed by atoms with Gasteiger partial charge in [-0.1, -0.05) is 46.5 Å². The molecule has 0 saturated heterocycles. The second-order valence-corrected chi connectivity index (χ2v) is 7.18. The number of hydrogen-bond acceptors (Lipinski definition) is 3. The molecule has 1 amide bonds. The molecule has 0 aromatic rings. The molecule has 0 rings (SSSR count). The van der Waals surface area contributed by atoms with Crippen LogP contribution in [-0.2, 0) is 4.74 Å². The Morgan fingerprint density at radius 2 is 1.55 bits per heavy atom. The molecule has 4 heteroatoms. The first-order chi connectivity index (χ1) is 10.3. The van der Waals surface area contributed by atoms with Gasteiger partial charge in [-0.2, -0.15) is 0 Å². The predicted molar refractivity (Wildman–Crippen MR) is 94.3 cm³/mol. The van der Waals surface area contributed by atoms with Crippen molar-refractivity contribution in [1.29, 1.82) is 0 Å². The Bertz CT molecular complexity index is 294. The maximum absolute atomic E-state index is 11.8. The van der Waals surface area contributed by atoms with E-state index in [-0.39, 0.29) is 11.6 Å². The number of amides is 1. The van der Waals surface area contributed by atoms with E-state index in [2.05, 4.69) is 31.4 Å². The van der Waals surface area contributed by atoms with Crippen LogP contribution in [0.15, 0.2) is 0 Å². The van der Waals surface area contributed by atoms with Crippen molar-refractivity contribution in [3.8, 4) is 0 Å². The smallest absolute Gasteiger partial charge is 0.407 e. The molecule has 0 heterocycles. The Balaban J connectivity index is 4.18. The second-order valence-electron chi connectivity index (χ2n) is 7.18. The number of rotatable bonds is 11. The van der Waals surface area contributed by atoms with Gasteiger partial charge < -0.3 is 15.4 Å². The highest BCUT2D eigenvalue weighted by Gasteiger charge is 2.26. The molecule has 0 unspecified atom stereocenters. The minimum atomic E-state index is -0.447. The molecule has 2 N–H and O–H groups in total. The Hall–Kier alpha value is -0.770. The highest BCUT2D eigenvalue weighted by atomic mass is 16.6. The summed E-state index contributed by atoms with van der Waals surface area (Å²) in [4.78, 5) is 11.8. The Morgan fingerprint density at radius 3 is 2.05 bits per heavy atom. The number of ether oxygens (including phenoxy) is 1. The lowest BCUT2D eigenvalue weighted by Crippen LogP contribution is -2.53. The monoisotopic (exact) mass is 314 g/mol. The van der Waals surface area contributed by atoms with Gasteiger partial charge >= 0.3 is 6.09 Å². The van der Waals surface area contributed by atoms with Gasteiger partial charge in [0.05, 0.1) is 0 Å². The summed E-state index contributed by atoms with van der Waals surface area (Å²) in [5.74, 6) is 0. The van der Waals surface area contributed by atoms with E-state index >= 15 is 0 Å². The number of unbranched alkanes of at least 4 members (excludes halogenated alkanes) is 4. The molecule has 0 aliphatic heterocycles. The first-order valence-corrected chi connectivity index (χ1v) is 9.00. The van der Waals surface area contributed by atoms with Crippen molar-refractivity contribution < 1.29 is 9.53 Å². The van der Waals surface area contributed by atoms with Gasteiger partial charge in [0.2, 0.25) is 0 Å². The summed E-state index contributed by atoms with van der Waals surface area (Å²) in [6.45, 7) is 13.9. The summed E-state index contributed by atoms with van der Waals surface area (Å²) in [6, 6.07) is 0. The van der Waals surface area contributed by atoms with Crippen molar-refractivity contribution in [2.75, 3.05) is 13.1 Å². The number of alkyl carbamates (subject to hydrolysis) is 1.